The van der Waals surface area contributed by atoms with Gasteiger partial charge in [-0.1, -0.05) is 6.07 Å². The average Bonchev–Trinajstić information content (AvgIpc) is 3.27. The van der Waals surface area contributed by atoms with Crippen molar-refractivity contribution in [3.05, 3.63) is 48.4 Å². The van der Waals surface area contributed by atoms with Gasteiger partial charge in [-0.3, -0.25) is 9.59 Å². The molecule has 0 radical (unpaired) electrons. The Balaban J connectivity index is 1.61. The molecule has 7 heteroatoms. The highest BCUT2D eigenvalue weighted by Crippen LogP contribution is 2.22. The maximum Gasteiger partial charge on any atom is 0.258 e. The van der Waals surface area contributed by atoms with Gasteiger partial charge in [0.1, 0.15) is 12.4 Å². The Kier molecular flexibility index (Phi) is 4.93. The van der Waals surface area contributed by atoms with Crippen molar-refractivity contribution in [3.8, 4) is 0 Å². The van der Waals surface area contributed by atoms with Crippen molar-refractivity contribution in [1.82, 2.24) is 0 Å². The summed E-state index contributed by atoms with van der Waals surface area (Å²) in [6.45, 7) is 0.416. The summed E-state index contributed by atoms with van der Waals surface area (Å²) in [5.74, 6) is -0.485. The van der Waals surface area contributed by atoms with Gasteiger partial charge >= 0.3 is 0 Å². The minimum Gasteiger partial charge on any atom is -0.472 e. The number of hydrogen-bond acceptors (Lipinski definition) is 5. The van der Waals surface area contributed by atoms with E-state index in [-0.39, 0.29) is 17.9 Å². The minimum absolute atomic E-state index is 0.0543. The van der Waals surface area contributed by atoms with Crippen LogP contribution < -0.4 is 16.4 Å². The lowest BCUT2D eigenvalue weighted by atomic mass is 10.2. The highest BCUT2D eigenvalue weighted by atomic mass is 16.5. The summed E-state index contributed by atoms with van der Waals surface area (Å²) in [4.78, 5) is 24.2. The molecule has 2 heterocycles. The van der Waals surface area contributed by atoms with Gasteiger partial charge in [0, 0.05) is 17.9 Å². The Morgan fingerprint density at radius 2 is 1.96 bits per heavy atom. The molecule has 3 rings (SSSR count). The fraction of sp³-hybridized carbons (Fsp3) is 0.294. The molecule has 0 aliphatic carbocycles. The van der Waals surface area contributed by atoms with E-state index in [2.05, 4.69) is 10.6 Å². The van der Waals surface area contributed by atoms with Crippen molar-refractivity contribution in [2.75, 3.05) is 17.2 Å². The third-order valence-electron chi connectivity index (χ3n) is 3.83. The van der Waals surface area contributed by atoms with Crippen LogP contribution in [-0.4, -0.2) is 30.6 Å². The zero-order valence-corrected chi connectivity index (χ0v) is 13.0. The van der Waals surface area contributed by atoms with E-state index < -0.39 is 6.10 Å². The van der Waals surface area contributed by atoms with Crippen LogP contribution in [0.25, 0.3) is 0 Å². The molecule has 2 amide bonds. The molecule has 2 aromatic rings. The van der Waals surface area contributed by atoms with E-state index in [0.717, 1.165) is 6.42 Å². The van der Waals surface area contributed by atoms with Crippen molar-refractivity contribution < 1.29 is 18.7 Å². The first kappa shape index (κ1) is 16.2. The SMILES string of the molecule is NC[C@H]1CC[C@@H](C(=O)Nc2cccc(NC(=O)c3ccoc3)c2)O1. The van der Waals surface area contributed by atoms with Crippen LogP contribution in [0.2, 0.25) is 0 Å². The molecular formula is C17H19N3O4. The van der Waals surface area contributed by atoms with Crippen molar-refractivity contribution in [3.63, 3.8) is 0 Å². The number of carbonyl (C=O) groups is 2. The maximum absolute atomic E-state index is 12.2. The topological polar surface area (TPSA) is 107 Å². The van der Waals surface area contributed by atoms with E-state index in [1.54, 1.807) is 30.3 Å². The number of ether oxygens (including phenoxy) is 1. The summed E-state index contributed by atoms with van der Waals surface area (Å²) < 4.78 is 10.5. The molecule has 1 aromatic heterocycles. The molecule has 4 N–H and O–H groups in total. The number of nitrogens with two attached hydrogens (primary N) is 1. The van der Waals surface area contributed by atoms with Crippen molar-refractivity contribution in [2.45, 2.75) is 25.0 Å². The second kappa shape index (κ2) is 7.29. The summed E-state index contributed by atoms with van der Waals surface area (Å²) in [6.07, 6.45) is 3.71. The number of amides is 2. The minimum atomic E-state index is -0.484. The first-order valence-corrected chi connectivity index (χ1v) is 7.75. The highest BCUT2D eigenvalue weighted by molar-refractivity contribution is 6.04. The molecule has 126 valence electrons. The van der Waals surface area contributed by atoms with Gasteiger partial charge in [-0.05, 0) is 37.1 Å². The Hall–Kier alpha value is -2.64. The van der Waals surface area contributed by atoms with Gasteiger partial charge in [-0.2, -0.15) is 0 Å². The predicted octanol–water partition coefficient (Wildman–Crippen LogP) is 1.98. The van der Waals surface area contributed by atoms with Crippen LogP contribution in [0.3, 0.4) is 0 Å². The second-order valence-corrected chi connectivity index (χ2v) is 5.60. The van der Waals surface area contributed by atoms with Gasteiger partial charge in [0.2, 0.25) is 0 Å². The molecule has 1 aliphatic rings. The van der Waals surface area contributed by atoms with Crippen LogP contribution in [0.15, 0.2) is 47.3 Å². The van der Waals surface area contributed by atoms with Crippen LogP contribution in [0.4, 0.5) is 11.4 Å². The average molecular weight is 329 g/mol. The smallest absolute Gasteiger partial charge is 0.258 e. The maximum atomic E-state index is 12.2. The third kappa shape index (κ3) is 3.81. The standard InChI is InChI=1S/C17H19N3O4/c18-9-14-4-5-15(24-14)17(22)20-13-3-1-2-12(8-13)19-16(21)11-6-7-23-10-11/h1-3,6-8,10,14-15H,4-5,9,18H2,(H,19,21)(H,20,22)/t14-,15+/m1/s1. The van der Waals surface area contributed by atoms with Gasteiger partial charge < -0.3 is 25.5 Å². The first-order valence-electron chi connectivity index (χ1n) is 7.75. The van der Waals surface area contributed by atoms with Crippen molar-refractivity contribution in [2.24, 2.45) is 5.73 Å². The highest BCUT2D eigenvalue weighted by Gasteiger charge is 2.29. The van der Waals surface area contributed by atoms with E-state index in [9.17, 15) is 9.59 Å². The van der Waals surface area contributed by atoms with Gasteiger partial charge in [-0.25, -0.2) is 0 Å². The molecule has 0 unspecified atom stereocenters. The third-order valence-corrected chi connectivity index (χ3v) is 3.83. The number of nitrogens with one attached hydrogen (secondary N) is 2. The summed E-state index contributed by atoms with van der Waals surface area (Å²) >= 11 is 0. The molecule has 0 saturated carbocycles. The van der Waals surface area contributed by atoms with Crippen molar-refractivity contribution >= 4 is 23.2 Å². The van der Waals surface area contributed by atoms with Crippen LogP contribution in [0.1, 0.15) is 23.2 Å². The van der Waals surface area contributed by atoms with Crippen LogP contribution in [0.5, 0.6) is 0 Å². The predicted molar refractivity (Wildman–Crippen MR) is 88.7 cm³/mol. The number of anilines is 2. The molecule has 2 atom stereocenters. The summed E-state index contributed by atoms with van der Waals surface area (Å²) in [5, 5.41) is 5.55. The molecule has 0 spiro atoms. The zero-order valence-electron chi connectivity index (χ0n) is 13.0. The molecule has 1 aliphatic heterocycles. The number of rotatable bonds is 5. The van der Waals surface area contributed by atoms with Crippen LogP contribution >= 0.6 is 0 Å². The lowest BCUT2D eigenvalue weighted by Crippen LogP contribution is -2.29. The molecule has 24 heavy (non-hydrogen) atoms. The zero-order chi connectivity index (χ0) is 16.9. The van der Waals surface area contributed by atoms with Gasteiger partial charge in [0.25, 0.3) is 11.8 Å². The number of carbonyl (C=O) groups excluding carboxylic acids is 2. The first-order chi connectivity index (χ1) is 11.7. The van der Waals surface area contributed by atoms with Gasteiger partial charge in [-0.15, -0.1) is 0 Å². The summed E-state index contributed by atoms with van der Waals surface area (Å²) in [7, 11) is 0. The Morgan fingerprint density at radius 1 is 1.17 bits per heavy atom. The largest absolute Gasteiger partial charge is 0.472 e. The summed E-state index contributed by atoms with van der Waals surface area (Å²) in [5.41, 5.74) is 7.14. The molecule has 1 fully saturated rings. The quantitative estimate of drug-likeness (QED) is 0.777. The van der Waals surface area contributed by atoms with E-state index in [1.807, 2.05) is 0 Å². The monoisotopic (exact) mass is 329 g/mol. The van der Waals surface area contributed by atoms with E-state index in [4.69, 9.17) is 14.9 Å². The Bertz CT molecular complexity index is 714. The molecule has 7 nitrogen and oxygen atoms in total. The molecule has 1 saturated heterocycles. The van der Waals surface area contributed by atoms with E-state index in [1.165, 1.54) is 12.5 Å². The number of furan rings is 1. The second-order valence-electron chi connectivity index (χ2n) is 5.60. The normalized spacial score (nSPS) is 19.9. The number of hydrogen-bond donors (Lipinski definition) is 3. The van der Waals surface area contributed by atoms with Crippen LogP contribution in [0, 0.1) is 0 Å². The molecular weight excluding hydrogens is 310 g/mol. The number of benzene rings is 1. The Labute approximate surface area is 139 Å². The van der Waals surface area contributed by atoms with Crippen LogP contribution in [-0.2, 0) is 9.53 Å². The molecule has 1 aromatic carbocycles. The van der Waals surface area contributed by atoms with E-state index in [0.29, 0.717) is 29.9 Å². The fourth-order valence-corrected chi connectivity index (χ4v) is 2.57. The van der Waals surface area contributed by atoms with Crippen molar-refractivity contribution in [1.29, 1.82) is 0 Å². The molecule has 0 bridgehead atoms. The Morgan fingerprint density at radius 3 is 2.62 bits per heavy atom. The fourth-order valence-electron chi connectivity index (χ4n) is 2.57. The van der Waals surface area contributed by atoms with E-state index >= 15 is 0 Å². The summed E-state index contributed by atoms with van der Waals surface area (Å²) in [6, 6.07) is 8.50. The lowest BCUT2D eigenvalue weighted by Gasteiger charge is -2.13. The van der Waals surface area contributed by atoms with Gasteiger partial charge in [0.05, 0.1) is 17.9 Å². The lowest BCUT2D eigenvalue weighted by molar-refractivity contribution is -0.126. The van der Waals surface area contributed by atoms with Gasteiger partial charge in [0.15, 0.2) is 0 Å².